The average Bonchev–Trinajstić information content (AvgIpc) is 2.16. The Morgan fingerprint density at radius 1 is 1.33 bits per heavy atom. The highest BCUT2D eigenvalue weighted by Gasteiger charge is 2.18. The summed E-state index contributed by atoms with van der Waals surface area (Å²) in [6.45, 7) is 2.69. The van der Waals surface area contributed by atoms with Crippen LogP contribution < -0.4 is 9.47 Å². The van der Waals surface area contributed by atoms with Gasteiger partial charge in [0.25, 0.3) is 0 Å². The molecular formula is C11H14O4. The third kappa shape index (κ3) is 2.15. The first-order chi connectivity index (χ1) is 7.16. The van der Waals surface area contributed by atoms with Gasteiger partial charge in [0.15, 0.2) is 11.5 Å². The van der Waals surface area contributed by atoms with Gasteiger partial charge in [0.1, 0.15) is 19.0 Å². The van der Waals surface area contributed by atoms with Gasteiger partial charge in [-0.15, -0.1) is 0 Å². The predicted octanol–water partition coefficient (Wildman–Crippen LogP) is 1.09. The number of hydrogen-bond donors (Lipinski definition) is 2. The fourth-order valence-corrected chi connectivity index (χ4v) is 1.68. The Morgan fingerprint density at radius 2 is 2.07 bits per heavy atom. The van der Waals surface area contributed by atoms with E-state index in [4.69, 9.17) is 9.47 Å². The lowest BCUT2D eigenvalue weighted by atomic mass is 10.1. The zero-order valence-corrected chi connectivity index (χ0v) is 8.56. The fourth-order valence-electron chi connectivity index (χ4n) is 1.68. The van der Waals surface area contributed by atoms with Crippen molar-refractivity contribution in [3.63, 3.8) is 0 Å². The highest BCUT2D eigenvalue weighted by molar-refractivity contribution is 5.52. The zero-order chi connectivity index (χ0) is 10.8. The van der Waals surface area contributed by atoms with Gasteiger partial charge < -0.3 is 19.7 Å². The standard InChI is InChI=1S/C11H14O4/c1-7(12)4-8-5-9(13)6-10-11(8)15-3-2-14-10/h5-7,12-13H,2-4H2,1H3. The maximum atomic E-state index is 9.46. The van der Waals surface area contributed by atoms with Crippen molar-refractivity contribution < 1.29 is 19.7 Å². The number of hydrogen-bond acceptors (Lipinski definition) is 4. The first-order valence-electron chi connectivity index (χ1n) is 4.96. The molecule has 2 rings (SSSR count). The molecule has 4 nitrogen and oxygen atoms in total. The number of fused-ring (bicyclic) bond motifs is 1. The summed E-state index contributed by atoms with van der Waals surface area (Å²) in [5, 5.41) is 18.8. The molecular weight excluding hydrogens is 196 g/mol. The van der Waals surface area contributed by atoms with Crippen LogP contribution in [0.3, 0.4) is 0 Å². The maximum Gasteiger partial charge on any atom is 0.165 e. The third-order valence-corrected chi connectivity index (χ3v) is 2.22. The van der Waals surface area contributed by atoms with Crippen molar-refractivity contribution in [2.45, 2.75) is 19.4 Å². The van der Waals surface area contributed by atoms with Crippen molar-refractivity contribution in [3.05, 3.63) is 17.7 Å². The van der Waals surface area contributed by atoms with Crippen LogP contribution in [-0.4, -0.2) is 29.5 Å². The average molecular weight is 210 g/mol. The van der Waals surface area contributed by atoms with E-state index in [1.807, 2.05) is 0 Å². The molecule has 0 amide bonds. The molecule has 1 unspecified atom stereocenters. The van der Waals surface area contributed by atoms with Gasteiger partial charge in [-0.05, 0) is 13.0 Å². The maximum absolute atomic E-state index is 9.46. The summed E-state index contributed by atoms with van der Waals surface area (Å²) in [7, 11) is 0. The second-order valence-corrected chi connectivity index (χ2v) is 3.68. The second-order valence-electron chi connectivity index (χ2n) is 3.68. The molecule has 0 aromatic heterocycles. The van der Waals surface area contributed by atoms with E-state index in [9.17, 15) is 10.2 Å². The van der Waals surface area contributed by atoms with Crippen molar-refractivity contribution in [3.8, 4) is 17.2 Å². The number of phenols is 1. The molecule has 0 aliphatic carbocycles. The van der Waals surface area contributed by atoms with Crippen LogP contribution in [0.5, 0.6) is 17.2 Å². The quantitative estimate of drug-likeness (QED) is 0.767. The Kier molecular flexibility index (Phi) is 2.68. The van der Waals surface area contributed by atoms with Gasteiger partial charge >= 0.3 is 0 Å². The van der Waals surface area contributed by atoms with Crippen LogP contribution in [0.2, 0.25) is 0 Å². The van der Waals surface area contributed by atoms with Gasteiger partial charge in [-0.3, -0.25) is 0 Å². The van der Waals surface area contributed by atoms with E-state index in [1.165, 1.54) is 6.07 Å². The topological polar surface area (TPSA) is 58.9 Å². The lowest BCUT2D eigenvalue weighted by Gasteiger charge is -2.21. The Hall–Kier alpha value is -1.42. The van der Waals surface area contributed by atoms with E-state index in [1.54, 1.807) is 13.0 Å². The van der Waals surface area contributed by atoms with Gasteiger partial charge in [0, 0.05) is 18.1 Å². The van der Waals surface area contributed by atoms with Crippen molar-refractivity contribution in [2.24, 2.45) is 0 Å². The number of benzene rings is 1. The number of aliphatic hydroxyl groups excluding tert-OH is 1. The minimum Gasteiger partial charge on any atom is -0.508 e. The lowest BCUT2D eigenvalue weighted by Crippen LogP contribution is -2.17. The molecule has 0 spiro atoms. The molecule has 0 saturated heterocycles. The van der Waals surface area contributed by atoms with Gasteiger partial charge in [0.2, 0.25) is 0 Å². The normalized spacial score (nSPS) is 16.1. The van der Waals surface area contributed by atoms with E-state index in [0.717, 1.165) is 5.56 Å². The summed E-state index contributed by atoms with van der Waals surface area (Å²) in [6.07, 6.45) is -0.0264. The van der Waals surface area contributed by atoms with Crippen molar-refractivity contribution in [1.29, 1.82) is 0 Å². The van der Waals surface area contributed by atoms with Crippen molar-refractivity contribution >= 4 is 0 Å². The molecule has 1 atom stereocenters. The van der Waals surface area contributed by atoms with E-state index in [0.29, 0.717) is 31.1 Å². The van der Waals surface area contributed by atoms with E-state index < -0.39 is 6.10 Å². The summed E-state index contributed by atoms with van der Waals surface area (Å²) in [5.41, 5.74) is 0.778. The first-order valence-corrected chi connectivity index (χ1v) is 4.96. The van der Waals surface area contributed by atoms with Crippen LogP contribution in [0.1, 0.15) is 12.5 Å². The molecule has 4 heteroatoms. The number of ether oxygens (including phenoxy) is 2. The van der Waals surface area contributed by atoms with Gasteiger partial charge in [-0.2, -0.15) is 0 Å². The molecule has 1 aromatic carbocycles. The predicted molar refractivity (Wildman–Crippen MR) is 54.5 cm³/mol. The van der Waals surface area contributed by atoms with E-state index in [-0.39, 0.29) is 5.75 Å². The molecule has 0 fully saturated rings. The van der Waals surface area contributed by atoms with Crippen LogP contribution in [-0.2, 0) is 6.42 Å². The molecule has 1 aromatic rings. The summed E-state index contributed by atoms with van der Waals surface area (Å²) in [4.78, 5) is 0. The largest absolute Gasteiger partial charge is 0.508 e. The minimum atomic E-state index is -0.471. The molecule has 1 aliphatic heterocycles. The lowest BCUT2D eigenvalue weighted by molar-refractivity contribution is 0.163. The molecule has 0 radical (unpaired) electrons. The number of aromatic hydroxyl groups is 1. The van der Waals surface area contributed by atoms with E-state index >= 15 is 0 Å². The molecule has 82 valence electrons. The fraction of sp³-hybridized carbons (Fsp3) is 0.455. The SMILES string of the molecule is CC(O)Cc1cc(O)cc2c1OCCO2. The Labute approximate surface area is 88.1 Å². The molecule has 15 heavy (non-hydrogen) atoms. The molecule has 1 aliphatic rings. The number of phenolic OH excluding ortho intramolecular Hbond substituents is 1. The van der Waals surface area contributed by atoms with Gasteiger partial charge in [-0.1, -0.05) is 0 Å². The molecule has 2 N–H and O–H groups in total. The smallest absolute Gasteiger partial charge is 0.165 e. The molecule has 0 saturated carbocycles. The zero-order valence-electron chi connectivity index (χ0n) is 8.56. The van der Waals surface area contributed by atoms with Crippen LogP contribution in [0, 0.1) is 0 Å². The summed E-state index contributed by atoms with van der Waals surface area (Å²) in [6, 6.07) is 3.13. The monoisotopic (exact) mass is 210 g/mol. The highest BCUT2D eigenvalue weighted by Crippen LogP contribution is 2.37. The van der Waals surface area contributed by atoms with Crippen LogP contribution >= 0.6 is 0 Å². The summed E-state index contributed by atoms with van der Waals surface area (Å²) < 4.78 is 10.8. The Bertz CT molecular complexity index is 360. The van der Waals surface area contributed by atoms with Crippen LogP contribution in [0.15, 0.2) is 12.1 Å². The summed E-state index contributed by atoms with van der Waals surface area (Å²) in [5.74, 6) is 1.33. The Balaban J connectivity index is 2.38. The second kappa shape index (κ2) is 3.98. The van der Waals surface area contributed by atoms with Gasteiger partial charge in [-0.25, -0.2) is 0 Å². The van der Waals surface area contributed by atoms with Crippen molar-refractivity contribution in [2.75, 3.05) is 13.2 Å². The van der Waals surface area contributed by atoms with Gasteiger partial charge in [0.05, 0.1) is 6.10 Å². The third-order valence-electron chi connectivity index (χ3n) is 2.22. The molecule has 1 heterocycles. The van der Waals surface area contributed by atoms with Crippen molar-refractivity contribution in [1.82, 2.24) is 0 Å². The van der Waals surface area contributed by atoms with E-state index in [2.05, 4.69) is 0 Å². The van der Waals surface area contributed by atoms with Crippen LogP contribution in [0.25, 0.3) is 0 Å². The number of aliphatic hydroxyl groups is 1. The van der Waals surface area contributed by atoms with Crippen LogP contribution in [0.4, 0.5) is 0 Å². The Morgan fingerprint density at radius 3 is 2.80 bits per heavy atom. The molecule has 0 bridgehead atoms. The summed E-state index contributed by atoms with van der Waals surface area (Å²) >= 11 is 0. The number of rotatable bonds is 2. The highest BCUT2D eigenvalue weighted by atomic mass is 16.6. The first kappa shape index (κ1) is 10.1. The minimum absolute atomic E-state index is 0.134.